The molecule has 1 aromatic carbocycles. The summed E-state index contributed by atoms with van der Waals surface area (Å²) in [4.78, 5) is 4.18. The molecule has 0 fully saturated rings. The van der Waals surface area contributed by atoms with Gasteiger partial charge >= 0.3 is 0 Å². The molecule has 0 bridgehead atoms. The molecule has 5 heteroatoms. The van der Waals surface area contributed by atoms with Crippen LogP contribution in [0.5, 0.6) is 0 Å². The van der Waals surface area contributed by atoms with Crippen LogP contribution in [0.15, 0.2) is 47.6 Å². The molecule has 2 aromatic rings. The average molecular weight is 295 g/mol. The molecule has 0 aliphatic carbocycles. The van der Waals surface area contributed by atoms with Gasteiger partial charge in [-0.15, -0.1) is 0 Å². The van der Waals surface area contributed by atoms with Gasteiger partial charge in [0.25, 0.3) is 0 Å². The molecule has 0 aliphatic rings. The molecule has 1 atom stereocenters. The van der Waals surface area contributed by atoms with Crippen LogP contribution >= 0.6 is 35.0 Å². The van der Waals surface area contributed by atoms with E-state index in [1.54, 1.807) is 24.4 Å². The minimum absolute atomic E-state index is 0.398. The van der Waals surface area contributed by atoms with E-state index >= 15 is 0 Å². The Balaban J connectivity index is 2.27. The van der Waals surface area contributed by atoms with E-state index < -0.39 is 5.25 Å². The first-order chi connectivity index (χ1) is 8.70. The highest BCUT2D eigenvalue weighted by molar-refractivity contribution is 7.99. The summed E-state index contributed by atoms with van der Waals surface area (Å²) in [7, 11) is 0. The highest BCUT2D eigenvalue weighted by Crippen LogP contribution is 2.37. The third-order valence-corrected chi connectivity index (χ3v) is 3.88. The van der Waals surface area contributed by atoms with Gasteiger partial charge in [-0.25, -0.2) is 4.98 Å². The number of halogens is 2. The van der Waals surface area contributed by atoms with Gasteiger partial charge in [-0.2, -0.15) is 5.26 Å². The highest BCUT2D eigenvalue weighted by Gasteiger charge is 2.16. The first-order valence-corrected chi connectivity index (χ1v) is 6.76. The Morgan fingerprint density at radius 2 is 2.06 bits per heavy atom. The Kier molecular flexibility index (Phi) is 4.48. The van der Waals surface area contributed by atoms with Crippen molar-refractivity contribution in [3.63, 3.8) is 0 Å². The standard InChI is InChI=1S/C13H8Cl2N2S/c14-9-4-5-10(11(15)7-9)12(8-16)18-13-3-1-2-6-17-13/h1-7,12H/t12-/m0/s1. The lowest BCUT2D eigenvalue weighted by Gasteiger charge is -2.10. The van der Waals surface area contributed by atoms with Gasteiger partial charge in [0.05, 0.1) is 11.1 Å². The molecule has 0 unspecified atom stereocenters. The average Bonchev–Trinajstić information content (AvgIpc) is 2.38. The first kappa shape index (κ1) is 13.2. The van der Waals surface area contributed by atoms with Crippen molar-refractivity contribution in [3.8, 4) is 6.07 Å². The van der Waals surface area contributed by atoms with Crippen molar-refractivity contribution >= 4 is 35.0 Å². The van der Waals surface area contributed by atoms with E-state index in [1.165, 1.54) is 11.8 Å². The fraction of sp³-hybridized carbons (Fsp3) is 0.0769. The third kappa shape index (κ3) is 3.17. The Labute approximate surface area is 120 Å². The van der Waals surface area contributed by atoms with E-state index in [9.17, 15) is 5.26 Å². The molecule has 0 saturated heterocycles. The molecule has 0 aliphatic heterocycles. The monoisotopic (exact) mass is 294 g/mol. The molecule has 2 rings (SSSR count). The number of nitriles is 1. The Morgan fingerprint density at radius 1 is 1.22 bits per heavy atom. The molecule has 0 spiro atoms. The molecule has 90 valence electrons. The number of pyridine rings is 1. The van der Waals surface area contributed by atoms with Gasteiger partial charge in [-0.3, -0.25) is 0 Å². The van der Waals surface area contributed by atoms with E-state index in [4.69, 9.17) is 23.2 Å². The maximum atomic E-state index is 9.24. The van der Waals surface area contributed by atoms with Crippen molar-refractivity contribution in [2.24, 2.45) is 0 Å². The van der Waals surface area contributed by atoms with Gasteiger partial charge in [-0.05, 0) is 29.8 Å². The number of rotatable bonds is 3. The molecule has 0 amide bonds. The maximum absolute atomic E-state index is 9.24. The summed E-state index contributed by atoms with van der Waals surface area (Å²) in [6.45, 7) is 0. The zero-order valence-corrected chi connectivity index (χ0v) is 11.5. The summed E-state index contributed by atoms with van der Waals surface area (Å²) in [5, 5.41) is 10.7. The van der Waals surface area contributed by atoms with Crippen molar-refractivity contribution in [2.45, 2.75) is 10.3 Å². The SMILES string of the molecule is N#C[C@H](Sc1ccccn1)c1ccc(Cl)cc1Cl. The second kappa shape index (κ2) is 6.10. The normalized spacial score (nSPS) is 11.8. The van der Waals surface area contributed by atoms with Gasteiger partial charge in [0.15, 0.2) is 0 Å². The fourth-order valence-electron chi connectivity index (χ4n) is 1.41. The number of hydrogen-bond donors (Lipinski definition) is 0. The second-order valence-corrected chi connectivity index (χ2v) is 5.43. The van der Waals surface area contributed by atoms with E-state index in [1.807, 2.05) is 18.2 Å². The molecule has 1 heterocycles. The van der Waals surface area contributed by atoms with Crippen molar-refractivity contribution < 1.29 is 0 Å². The maximum Gasteiger partial charge on any atom is 0.124 e. The van der Waals surface area contributed by atoms with E-state index in [0.717, 1.165) is 10.6 Å². The lowest BCUT2D eigenvalue weighted by atomic mass is 10.1. The summed E-state index contributed by atoms with van der Waals surface area (Å²) in [5.41, 5.74) is 0.749. The quantitative estimate of drug-likeness (QED) is 0.767. The molecule has 18 heavy (non-hydrogen) atoms. The van der Waals surface area contributed by atoms with Crippen LogP contribution < -0.4 is 0 Å². The van der Waals surface area contributed by atoms with E-state index in [-0.39, 0.29) is 0 Å². The van der Waals surface area contributed by atoms with Gasteiger partial charge < -0.3 is 0 Å². The van der Waals surface area contributed by atoms with Gasteiger partial charge in [0, 0.05) is 16.2 Å². The number of aromatic nitrogens is 1. The Morgan fingerprint density at radius 3 is 2.67 bits per heavy atom. The predicted molar refractivity (Wildman–Crippen MR) is 74.9 cm³/mol. The topological polar surface area (TPSA) is 36.7 Å². The number of thioether (sulfide) groups is 1. The summed E-state index contributed by atoms with van der Waals surface area (Å²) in [6.07, 6.45) is 1.69. The van der Waals surface area contributed by atoms with Crippen LogP contribution in [-0.2, 0) is 0 Å². The minimum atomic E-state index is -0.398. The van der Waals surface area contributed by atoms with Crippen molar-refractivity contribution in [1.82, 2.24) is 4.98 Å². The molecular formula is C13H8Cl2N2S. The van der Waals surface area contributed by atoms with Crippen molar-refractivity contribution in [2.75, 3.05) is 0 Å². The van der Waals surface area contributed by atoms with Crippen LogP contribution in [0.3, 0.4) is 0 Å². The molecule has 0 N–H and O–H groups in total. The summed E-state index contributed by atoms with van der Waals surface area (Å²) in [5.74, 6) is 0. The zero-order chi connectivity index (χ0) is 13.0. The highest BCUT2D eigenvalue weighted by atomic mass is 35.5. The fourth-order valence-corrected chi connectivity index (χ4v) is 2.90. The summed E-state index contributed by atoms with van der Waals surface area (Å²) < 4.78 is 0. The predicted octanol–water partition coefficient (Wildman–Crippen LogP) is 4.75. The van der Waals surface area contributed by atoms with Crippen LogP contribution in [0.4, 0.5) is 0 Å². The molecule has 1 aromatic heterocycles. The second-order valence-electron chi connectivity index (χ2n) is 3.46. The molecule has 2 nitrogen and oxygen atoms in total. The molecule has 0 radical (unpaired) electrons. The minimum Gasteiger partial charge on any atom is -0.250 e. The van der Waals surface area contributed by atoms with E-state index in [2.05, 4.69) is 11.1 Å². The lowest BCUT2D eigenvalue weighted by molar-refractivity contribution is 1.11. The van der Waals surface area contributed by atoms with E-state index in [0.29, 0.717) is 10.0 Å². The third-order valence-electron chi connectivity index (χ3n) is 2.24. The summed E-state index contributed by atoms with van der Waals surface area (Å²) in [6, 6.07) is 12.9. The first-order valence-electron chi connectivity index (χ1n) is 5.13. The lowest BCUT2D eigenvalue weighted by Crippen LogP contribution is -1.93. The Hall–Kier alpha value is -1.21. The van der Waals surface area contributed by atoms with Crippen molar-refractivity contribution in [1.29, 1.82) is 5.26 Å². The van der Waals surface area contributed by atoms with Crippen LogP contribution in [0.1, 0.15) is 10.8 Å². The zero-order valence-electron chi connectivity index (χ0n) is 9.18. The van der Waals surface area contributed by atoms with Gasteiger partial charge in [0.2, 0.25) is 0 Å². The summed E-state index contributed by atoms with van der Waals surface area (Å²) >= 11 is 13.3. The van der Waals surface area contributed by atoms with Crippen LogP contribution in [0, 0.1) is 11.3 Å². The number of nitrogens with zero attached hydrogens (tertiary/aromatic N) is 2. The largest absolute Gasteiger partial charge is 0.250 e. The van der Waals surface area contributed by atoms with Gasteiger partial charge in [-0.1, -0.05) is 47.1 Å². The van der Waals surface area contributed by atoms with Crippen LogP contribution in [-0.4, -0.2) is 4.98 Å². The smallest absolute Gasteiger partial charge is 0.124 e. The number of benzene rings is 1. The molecular weight excluding hydrogens is 287 g/mol. The van der Waals surface area contributed by atoms with Crippen molar-refractivity contribution in [3.05, 3.63) is 58.2 Å². The van der Waals surface area contributed by atoms with Crippen LogP contribution in [0.2, 0.25) is 10.0 Å². The van der Waals surface area contributed by atoms with Crippen LogP contribution in [0.25, 0.3) is 0 Å². The van der Waals surface area contributed by atoms with Gasteiger partial charge in [0.1, 0.15) is 5.25 Å². The molecule has 0 saturated carbocycles. The Bertz CT molecular complexity index is 581. The number of hydrogen-bond acceptors (Lipinski definition) is 3.